The summed E-state index contributed by atoms with van der Waals surface area (Å²) < 4.78 is 0. The zero-order chi connectivity index (χ0) is 15.8. The van der Waals surface area contributed by atoms with Crippen molar-refractivity contribution in [3.8, 4) is 0 Å². The summed E-state index contributed by atoms with van der Waals surface area (Å²) in [4.78, 5) is 12.0. The molecule has 0 unspecified atom stereocenters. The first-order chi connectivity index (χ1) is 10.3. The Kier molecular flexibility index (Phi) is 2.82. The van der Waals surface area contributed by atoms with Crippen LogP contribution in [0.3, 0.4) is 0 Å². The van der Waals surface area contributed by atoms with Gasteiger partial charge in [0.2, 0.25) is 0 Å². The number of rotatable bonds is 1. The molecule has 0 radical (unpaired) electrons. The van der Waals surface area contributed by atoms with Gasteiger partial charge < -0.3 is 5.11 Å². The van der Waals surface area contributed by atoms with Gasteiger partial charge in [0, 0.05) is 0 Å². The minimum atomic E-state index is -0.602. The standard InChI is InChI=1S/C20H28O2/c1-13-12-20-9-5-14(13)11-16(20)18(2)7-4-8-19(3,17(21)22)15(18)6-10-20/h6,10,14-16H,1,4-5,7-9,11-12H2,2-3H3,(H,21,22)/t14-,15+,16-,18+,19+,20+/m0/s1. The van der Waals surface area contributed by atoms with E-state index in [1.165, 1.54) is 31.3 Å². The SMILES string of the molecule is C=C1C[C@@]23C=C[C@@H]4[C@@](C)(CCC[C@@]4(C)C(=O)O)[C@@H]2C[C@@H]1CC3. The Morgan fingerprint density at radius 1 is 1.32 bits per heavy atom. The van der Waals surface area contributed by atoms with E-state index in [9.17, 15) is 9.90 Å². The van der Waals surface area contributed by atoms with Gasteiger partial charge >= 0.3 is 5.97 Å². The Labute approximate surface area is 133 Å². The molecule has 4 saturated carbocycles. The summed E-state index contributed by atoms with van der Waals surface area (Å²) in [6.07, 6.45) is 12.8. The molecule has 22 heavy (non-hydrogen) atoms. The number of carboxylic acid groups (broad SMARTS) is 1. The van der Waals surface area contributed by atoms with Crippen molar-refractivity contribution in [2.75, 3.05) is 0 Å². The molecule has 0 aromatic heterocycles. The van der Waals surface area contributed by atoms with E-state index in [1.54, 1.807) is 0 Å². The smallest absolute Gasteiger partial charge is 0.309 e. The predicted octanol–water partition coefficient (Wildman–Crippen LogP) is 4.82. The summed E-state index contributed by atoms with van der Waals surface area (Å²) in [7, 11) is 0. The lowest BCUT2D eigenvalue weighted by Gasteiger charge is -2.65. The van der Waals surface area contributed by atoms with Crippen LogP contribution in [0.2, 0.25) is 0 Å². The highest BCUT2D eigenvalue weighted by atomic mass is 16.4. The van der Waals surface area contributed by atoms with E-state index in [4.69, 9.17) is 0 Å². The Morgan fingerprint density at radius 2 is 2.09 bits per heavy atom. The second kappa shape index (κ2) is 4.27. The number of carbonyl (C=O) groups is 1. The molecule has 0 aromatic rings. The molecule has 4 fully saturated rings. The van der Waals surface area contributed by atoms with Crippen molar-refractivity contribution in [1.29, 1.82) is 0 Å². The fourth-order valence-electron chi connectivity index (χ4n) is 6.81. The van der Waals surface area contributed by atoms with Crippen molar-refractivity contribution < 1.29 is 9.90 Å². The van der Waals surface area contributed by atoms with Gasteiger partial charge in [-0.25, -0.2) is 0 Å². The summed E-state index contributed by atoms with van der Waals surface area (Å²) in [5.41, 5.74) is 1.30. The Hall–Kier alpha value is -1.05. The second-order valence-corrected chi connectivity index (χ2v) is 9.01. The molecule has 6 atom stereocenters. The molecule has 0 heterocycles. The van der Waals surface area contributed by atoms with Crippen LogP contribution in [0.1, 0.15) is 58.8 Å². The zero-order valence-electron chi connectivity index (χ0n) is 13.9. The Balaban J connectivity index is 1.82. The van der Waals surface area contributed by atoms with E-state index in [0.29, 0.717) is 11.8 Å². The molecule has 5 aliphatic rings. The van der Waals surface area contributed by atoms with Gasteiger partial charge in [0.25, 0.3) is 0 Å². The lowest BCUT2D eigenvalue weighted by molar-refractivity contribution is -0.166. The van der Waals surface area contributed by atoms with Crippen molar-refractivity contribution in [2.45, 2.75) is 58.8 Å². The summed E-state index contributed by atoms with van der Waals surface area (Å²) >= 11 is 0. The fourth-order valence-corrected chi connectivity index (χ4v) is 6.81. The van der Waals surface area contributed by atoms with Crippen molar-refractivity contribution >= 4 is 5.97 Å². The van der Waals surface area contributed by atoms with Gasteiger partial charge in [-0.15, -0.1) is 0 Å². The molecule has 1 spiro atoms. The molecule has 2 nitrogen and oxygen atoms in total. The quantitative estimate of drug-likeness (QED) is 0.705. The van der Waals surface area contributed by atoms with Crippen LogP contribution in [-0.4, -0.2) is 11.1 Å². The number of hydrogen-bond donors (Lipinski definition) is 1. The fraction of sp³-hybridized carbons (Fsp3) is 0.750. The predicted molar refractivity (Wildman–Crippen MR) is 87.4 cm³/mol. The highest BCUT2D eigenvalue weighted by Gasteiger charge is 2.63. The number of carboxylic acids is 1. The highest BCUT2D eigenvalue weighted by molar-refractivity contribution is 5.75. The van der Waals surface area contributed by atoms with E-state index in [-0.39, 0.29) is 16.7 Å². The molecule has 0 amide bonds. The Bertz CT molecular complexity index is 576. The highest BCUT2D eigenvalue weighted by Crippen LogP contribution is 2.69. The topological polar surface area (TPSA) is 37.3 Å². The molecule has 5 rings (SSSR count). The van der Waals surface area contributed by atoms with Crippen LogP contribution in [0.15, 0.2) is 24.3 Å². The van der Waals surface area contributed by atoms with Gasteiger partial charge in [-0.05, 0) is 74.0 Å². The maximum Gasteiger partial charge on any atom is 0.309 e. The average Bonchev–Trinajstić information content (AvgIpc) is 2.46. The number of fused-ring (bicyclic) bond motifs is 3. The molecular formula is C20H28O2. The monoisotopic (exact) mass is 300 g/mol. The maximum absolute atomic E-state index is 12.0. The Morgan fingerprint density at radius 3 is 2.77 bits per heavy atom. The van der Waals surface area contributed by atoms with Crippen molar-refractivity contribution in [3.05, 3.63) is 24.3 Å². The van der Waals surface area contributed by atoms with Gasteiger partial charge in [0.05, 0.1) is 5.41 Å². The minimum Gasteiger partial charge on any atom is -0.481 e. The third-order valence-corrected chi connectivity index (χ3v) is 8.02. The van der Waals surface area contributed by atoms with Gasteiger partial charge in [-0.2, -0.15) is 0 Å². The van der Waals surface area contributed by atoms with Gasteiger partial charge in [-0.1, -0.05) is 37.6 Å². The normalized spacial score (nSPS) is 53.0. The van der Waals surface area contributed by atoms with E-state index < -0.39 is 11.4 Å². The molecule has 2 bridgehead atoms. The summed E-state index contributed by atoms with van der Waals surface area (Å²) in [6, 6.07) is 0. The van der Waals surface area contributed by atoms with Crippen molar-refractivity contribution in [1.82, 2.24) is 0 Å². The molecule has 1 N–H and O–H groups in total. The molecule has 2 heteroatoms. The number of hydrogen-bond acceptors (Lipinski definition) is 1. The van der Waals surface area contributed by atoms with Crippen molar-refractivity contribution in [2.24, 2.45) is 34.0 Å². The first kappa shape index (κ1) is 14.5. The molecular weight excluding hydrogens is 272 g/mol. The lowest BCUT2D eigenvalue weighted by Crippen LogP contribution is -2.59. The van der Waals surface area contributed by atoms with Crippen LogP contribution in [-0.2, 0) is 4.79 Å². The second-order valence-electron chi connectivity index (χ2n) is 9.01. The molecule has 5 aliphatic carbocycles. The van der Waals surface area contributed by atoms with Crippen LogP contribution in [0, 0.1) is 34.0 Å². The average molecular weight is 300 g/mol. The van der Waals surface area contributed by atoms with Crippen LogP contribution in [0.5, 0.6) is 0 Å². The third kappa shape index (κ3) is 1.59. The van der Waals surface area contributed by atoms with Crippen LogP contribution < -0.4 is 0 Å². The molecule has 0 aromatic carbocycles. The summed E-state index contributed by atoms with van der Waals surface area (Å²) in [6.45, 7) is 8.72. The number of allylic oxidation sites excluding steroid dienone is 3. The van der Waals surface area contributed by atoms with Crippen LogP contribution in [0.4, 0.5) is 0 Å². The van der Waals surface area contributed by atoms with E-state index >= 15 is 0 Å². The number of aliphatic carboxylic acids is 1. The zero-order valence-corrected chi connectivity index (χ0v) is 13.9. The van der Waals surface area contributed by atoms with Gasteiger partial charge in [0.1, 0.15) is 0 Å². The third-order valence-electron chi connectivity index (χ3n) is 8.02. The van der Waals surface area contributed by atoms with Gasteiger partial charge in [-0.3, -0.25) is 4.79 Å². The first-order valence-corrected chi connectivity index (χ1v) is 8.92. The molecule has 0 aliphatic heterocycles. The van der Waals surface area contributed by atoms with E-state index in [0.717, 1.165) is 19.3 Å². The summed E-state index contributed by atoms with van der Waals surface area (Å²) in [5, 5.41) is 9.87. The largest absolute Gasteiger partial charge is 0.481 e. The van der Waals surface area contributed by atoms with E-state index in [1.807, 2.05) is 6.92 Å². The lowest BCUT2D eigenvalue weighted by atomic mass is 9.39. The van der Waals surface area contributed by atoms with E-state index in [2.05, 4.69) is 25.7 Å². The molecule has 120 valence electrons. The van der Waals surface area contributed by atoms with Crippen LogP contribution >= 0.6 is 0 Å². The minimum absolute atomic E-state index is 0.152. The first-order valence-electron chi connectivity index (χ1n) is 8.92. The van der Waals surface area contributed by atoms with Crippen molar-refractivity contribution in [3.63, 3.8) is 0 Å². The molecule has 0 saturated heterocycles. The van der Waals surface area contributed by atoms with Crippen LogP contribution in [0.25, 0.3) is 0 Å². The summed E-state index contributed by atoms with van der Waals surface area (Å²) in [5.74, 6) is 0.927. The van der Waals surface area contributed by atoms with Gasteiger partial charge in [0.15, 0.2) is 0 Å². The maximum atomic E-state index is 12.0.